The number of thiazole rings is 1. The van der Waals surface area contributed by atoms with Crippen molar-refractivity contribution in [2.45, 2.75) is 6.54 Å². The number of para-hydroxylation sites is 2. The molecule has 0 aliphatic heterocycles. The van der Waals surface area contributed by atoms with Crippen molar-refractivity contribution in [1.82, 2.24) is 4.57 Å². The molecule has 0 amide bonds. The average molecular weight is 451 g/mol. The first-order valence-electron chi connectivity index (χ1n) is 9.02. The minimum Gasteiger partial charge on any atom is -0.492 e. The molecule has 1 aromatic heterocycles. The molecule has 0 spiro atoms. The topological polar surface area (TPSA) is 26.5 Å². The van der Waals surface area contributed by atoms with Crippen LogP contribution in [-0.4, -0.2) is 11.2 Å². The normalized spacial score (nSPS) is 11.5. The summed E-state index contributed by atoms with van der Waals surface area (Å²) in [4.78, 5) is 5.84. The third kappa shape index (κ3) is 4.43. The van der Waals surface area contributed by atoms with Crippen LogP contribution < -0.4 is 9.54 Å². The second-order valence-electron chi connectivity index (χ2n) is 6.15. The van der Waals surface area contributed by atoms with Crippen LogP contribution in [0.1, 0.15) is 0 Å². The van der Waals surface area contributed by atoms with Gasteiger partial charge in [-0.2, -0.15) is 0 Å². The van der Waals surface area contributed by atoms with Crippen molar-refractivity contribution in [3.05, 3.63) is 99.6 Å². The van der Waals surface area contributed by atoms with Gasteiger partial charge in [-0.05, 0) is 45.8 Å². The molecule has 5 heteroatoms. The van der Waals surface area contributed by atoms with Gasteiger partial charge in [-0.25, -0.2) is 4.99 Å². The van der Waals surface area contributed by atoms with Crippen LogP contribution in [0.2, 0.25) is 0 Å². The zero-order valence-electron chi connectivity index (χ0n) is 15.2. The molecular formula is C23H19BrN2OS. The molecule has 140 valence electrons. The molecule has 4 rings (SSSR count). The van der Waals surface area contributed by atoms with Crippen molar-refractivity contribution in [1.29, 1.82) is 0 Å². The Balaban J connectivity index is 1.68. The molecule has 0 saturated heterocycles. The number of nitrogens with zero attached hydrogens (tertiary/aromatic N) is 2. The summed E-state index contributed by atoms with van der Waals surface area (Å²) in [5.74, 6) is 0.879. The predicted molar refractivity (Wildman–Crippen MR) is 119 cm³/mol. The molecule has 0 saturated carbocycles. The van der Waals surface area contributed by atoms with Crippen LogP contribution in [0.25, 0.3) is 11.3 Å². The first-order valence-corrected chi connectivity index (χ1v) is 10.7. The number of benzene rings is 3. The number of hydrogen-bond donors (Lipinski definition) is 0. The van der Waals surface area contributed by atoms with E-state index in [-0.39, 0.29) is 0 Å². The van der Waals surface area contributed by atoms with Crippen LogP contribution >= 0.6 is 27.3 Å². The molecule has 0 unspecified atom stereocenters. The van der Waals surface area contributed by atoms with E-state index in [2.05, 4.69) is 50.1 Å². The number of ether oxygens (including phenoxy) is 1. The lowest BCUT2D eigenvalue weighted by Crippen LogP contribution is -2.20. The molecule has 4 aromatic rings. The highest BCUT2D eigenvalue weighted by atomic mass is 79.9. The number of rotatable bonds is 6. The molecule has 0 radical (unpaired) electrons. The molecule has 0 aliphatic rings. The molecule has 0 atom stereocenters. The molecular weight excluding hydrogens is 432 g/mol. The fourth-order valence-corrected chi connectivity index (χ4v) is 4.21. The van der Waals surface area contributed by atoms with Crippen molar-refractivity contribution in [2.75, 3.05) is 6.61 Å². The first-order chi connectivity index (χ1) is 13.8. The van der Waals surface area contributed by atoms with Gasteiger partial charge in [0.25, 0.3) is 0 Å². The Labute approximate surface area is 176 Å². The number of halogens is 1. The van der Waals surface area contributed by atoms with E-state index in [1.807, 2.05) is 60.7 Å². The van der Waals surface area contributed by atoms with Gasteiger partial charge >= 0.3 is 0 Å². The lowest BCUT2D eigenvalue weighted by atomic mass is 10.2. The quantitative estimate of drug-likeness (QED) is 0.338. The monoisotopic (exact) mass is 450 g/mol. The molecule has 0 aliphatic carbocycles. The first kappa shape index (κ1) is 18.7. The Morgan fingerprint density at radius 1 is 0.857 bits per heavy atom. The van der Waals surface area contributed by atoms with Crippen molar-refractivity contribution in [3.63, 3.8) is 0 Å². The molecule has 28 heavy (non-hydrogen) atoms. The third-order valence-electron chi connectivity index (χ3n) is 4.26. The van der Waals surface area contributed by atoms with Gasteiger partial charge in [0.05, 0.1) is 17.9 Å². The van der Waals surface area contributed by atoms with Gasteiger partial charge in [0, 0.05) is 9.85 Å². The van der Waals surface area contributed by atoms with Gasteiger partial charge < -0.3 is 9.30 Å². The summed E-state index contributed by atoms with van der Waals surface area (Å²) < 4.78 is 9.14. The van der Waals surface area contributed by atoms with Crippen LogP contribution in [0.3, 0.4) is 0 Å². The molecule has 3 aromatic carbocycles. The summed E-state index contributed by atoms with van der Waals surface area (Å²) in [6.45, 7) is 1.29. The van der Waals surface area contributed by atoms with Crippen molar-refractivity contribution >= 4 is 33.0 Å². The summed E-state index contributed by atoms with van der Waals surface area (Å²) in [6.07, 6.45) is 0. The van der Waals surface area contributed by atoms with Crippen molar-refractivity contribution in [2.24, 2.45) is 4.99 Å². The Hall–Kier alpha value is -2.63. The molecule has 0 bridgehead atoms. The predicted octanol–water partition coefficient (Wildman–Crippen LogP) is 6.29. The Morgan fingerprint density at radius 2 is 1.54 bits per heavy atom. The Bertz CT molecular complexity index is 1100. The third-order valence-corrected chi connectivity index (χ3v) is 5.80. The zero-order chi connectivity index (χ0) is 19.2. The van der Waals surface area contributed by atoms with Crippen LogP contribution in [0.15, 0.2) is 99.8 Å². The Kier molecular flexibility index (Phi) is 6.04. The lowest BCUT2D eigenvalue weighted by molar-refractivity contribution is 0.297. The summed E-state index contributed by atoms with van der Waals surface area (Å²) in [6, 6.07) is 28.3. The van der Waals surface area contributed by atoms with Gasteiger partial charge in [-0.3, -0.25) is 0 Å². The van der Waals surface area contributed by atoms with Crippen LogP contribution in [0.4, 0.5) is 5.69 Å². The van der Waals surface area contributed by atoms with Gasteiger partial charge in [0.15, 0.2) is 4.80 Å². The minimum absolute atomic E-state index is 0.573. The molecule has 0 N–H and O–H groups in total. The second-order valence-corrected chi connectivity index (χ2v) is 7.84. The van der Waals surface area contributed by atoms with E-state index in [1.54, 1.807) is 11.3 Å². The van der Waals surface area contributed by atoms with Gasteiger partial charge in [0.2, 0.25) is 0 Å². The summed E-state index contributed by atoms with van der Waals surface area (Å²) in [5.41, 5.74) is 3.24. The Morgan fingerprint density at radius 3 is 2.29 bits per heavy atom. The van der Waals surface area contributed by atoms with Crippen molar-refractivity contribution in [3.8, 4) is 17.0 Å². The highest BCUT2D eigenvalue weighted by molar-refractivity contribution is 9.10. The largest absolute Gasteiger partial charge is 0.492 e. The zero-order valence-corrected chi connectivity index (χ0v) is 17.6. The SMILES string of the molecule is Brc1ccccc1N=c1scc(-c2ccccc2)n1CCOc1ccccc1. The molecule has 3 nitrogen and oxygen atoms in total. The fourth-order valence-electron chi connectivity index (χ4n) is 2.89. The number of aromatic nitrogens is 1. The molecule has 0 fully saturated rings. The van der Waals surface area contributed by atoms with Gasteiger partial charge in [-0.1, -0.05) is 60.7 Å². The van der Waals surface area contributed by atoms with Crippen LogP contribution in [-0.2, 0) is 6.54 Å². The van der Waals surface area contributed by atoms with Crippen LogP contribution in [0.5, 0.6) is 5.75 Å². The van der Waals surface area contributed by atoms with E-state index in [1.165, 1.54) is 5.56 Å². The summed E-state index contributed by atoms with van der Waals surface area (Å²) in [7, 11) is 0. The highest BCUT2D eigenvalue weighted by Gasteiger charge is 2.09. The summed E-state index contributed by atoms with van der Waals surface area (Å²) >= 11 is 5.23. The minimum atomic E-state index is 0.573. The standard InChI is InChI=1S/C23H19BrN2OS/c24-20-13-7-8-14-21(20)25-23-26(15-16-27-19-11-5-2-6-12-19)22(17-28-23)18-9-3-1-4-10-18/h1-14,17H,15-16H2. The van der Waals surface area contributed by atoms with E-state index in [0.717, 1.165) is 26.4 Å². The van der Waals surface area contributed by atoms with Crippen LogP contribution in [0, 0.1) is 0 Å². The van der Waals surface area contributed by atoms with Gasteiger partial charge in [0.1, 0.15) is 12.4 Å². The smallest absolute Gasteiger partial charge is 0.190 e. The van der Waals surface area contributed by atoms with E-state index in [9.17, 15) is 0 Å². The van der Waals surface area contributed by atoms with E-state index in [0.29, 0.717) is 13.2 Å². The van der Waals surface area contributed by atoms with E-state index >= 15 is 0 Å². The van der Waals surface area contributed by atoms with Crippen molar-refractivity contribution < 1.29 is 4.74 Å². The van der Waals surface area contributed by atoms with E-state index in [4.69, 9.17) is 9.73 Å². The number of hydrogen-bond acceptors (Lipinski definition) is 3. The summed E-state index contributed by atoms with van der Waals surface area (Å²) in [5, 5.41) is 2.16. The highest BCUT2D eigenvalue weighted by Crippen LogP contribution is 2.25. The average Bonchev–Trinajstić information content (AvgIpc) is 3.14. The van der Waals surface area contributed by atoms with Gasteiger partial charge in [-0.15, -0.1) is 11.3 Å². The fraction of sp³-hybridized carbons (Fsp3) is 0.0870. The second kappa shape index (κ2) is 9.04. The lowest BCUT2D eigenvalue weighted by Gasteiger charge is -2.11. The van der Waals surface area contributed by atoms with E-state index < -0.39 is 0 Å². The maximum Gasteiger partial charge on any atom is 0.190 e. The maximum absolute atomic E-state index is 5.93. The molecule has 1 heterocycles. The maximum atomic E-state index is 5.93.